The van der Waals surface area contributed by atoms with Crippen molar-refractivity contribution in [1.82, 2.24) is 4.98 Å². The molecule has 0 radical (unpaired) electrons. The summed E-state index contributed by atoms with van der Waals surface area (Å²) in [5.41, 5.74) is 1.05. The lowest BCUT2D eigenvalue weighted by atomic mass is 10.0. The van der Waals surface area contributed by atoms with E-state index in [-0.39, 0.29) is 0 Å². The molecule has 1 aromatic rings. The Balaban J connectivity index is 2.34. The highest BCUT2D eigenvalue weighted by Crippen LogP contribution is 2.25. The number of hydrogen-bond donors (Lipinski definition) is 0. The van der Waals surface area contributed by atoms with Crippen molar-refractivity contribution in [3.63, 3.8) is 0 Å². The van der Waals surface area contributed by atoms with Crippen LogP contribution in [-0.2, 0) is 24.1 Å². The van der Waals surface area contributed by atoms with Crippen molar-refractivity contribution in [2.75, 3.05) is 0 Å². The van der Waals surface area contributed by atoms with Gasteiger partial charge in [0.05, 0.1) is 10.7 Å². The number of aromatic nitrogens is 1. The summed E-state index contributed by atoms with van der Waals surface area (Å²) in [5.74, 6) is 0.343. The number of aryl methyl sites for hydroxylation is 2. The van der Waals surface area contributed by atoms with Crippen LogP contribution in [-0.4, -0.2) is 10.8 Å². The third-order valence-electron chi connectivity index (χ3n) is 2.12. The van der Waals surface area contributed by atoms with E-state index in [1.807, 2.05) is 0 Å². The minimum atomic E-state index is 0.343. The fourth-order valence-electron chi connectivity index (χ4n) is 1.45. The Morgan fingerprint density at radius 1 is 1.50 bits per heavy atom. The molecule has 0 bridgehead atoms. The molecule has 1 aliphatic carbocycles. The van der Waals surface area contributed by atoms with E-state index in [0.29, 0.717) is 12.2 Å². The van der Waals surface area contributed by atoms with E-state index >= 15 is 0 Å². The number of carbonyl (C=O) groups excluding carboxylic acids is 1. The van der Waals surface area contributed by atoms with E-state index in [0.717, 1.165) is 25.0 Å². The SMILES string of the molecule is CCc1nc2c(s1)CCC(=O)C2. The van der Waals surface area contributed by atoms with Crippen molar-refractivity contribution in [1.29, 1.82) is 0 Å². The summed E-state index contributed by atoms with van der Waals surface area (Å²) < 4.78 is 0. The summed E-state index contributed by atoms with van der Waals surface area (Å²) in [4.78, 5) is 16.8. The number of thiazole rings is 1. The van der Waals surface area contributed by atoms with Gasteiger partial charge in [-0.3, -0.25) is 4.79 Å². The fourth-order valence-corrected chi connectivity index (χ4v) is 2.47. The molecule has 0 saturated heterocycles. The number of ketones is 1. The minimum absolute atomic E-state index is 0.343. The molecule has 0 fully saturated rings. The topological polar surface area (TPSA) is 30.0 Å². The van der Waals surface area contributed by atoms with Gasteiger partial charge in [-0.15, -0.1) is 11.3 Å². The summed E-state index contributed by atoms with van der Waals surface area (Å²) in [6.07, 6.45) is 3.21. The molecule has 12 heavy (non-hydrogen) atoms. The van der Waals surface area contributed by atoms with E-state index in [1.165, 1.54) is 9.88 Å². The molecule has 0 N–H and O–H groups in total. The molecule has 2 rings (SSSR count). The van der Waals surface area contributed by atoms with Crippen molar-refractivity contribution >= 4 is 17.1 Å². The van der Waals surface area contributed by atoms with Gasteiger partial charge in [-0.05, 0) is 12.8 Å². The highest BCUT2D eigenvalue weighted by Gasteiger charge is 2.19. The molecule has 64 valence electrons. The Morgan fingerprint density at radius 2 is 2.33 bits per heavy atom. The number of nitrogens with zero attached hydrogens (tertiary/aromatic N) is 1. The maximum absolute atomic E-state index is 11.1. The molecule has 0 atom stereocenters. The number of fused-ring (bicyclic) bond motifs is 1. The number of carbonyl (C=O) groups is 1. The van der Waals surface area contributed by atoms with Crippen LogP contribution in [0, 0.1) is 0 Å². The van der Waals surface area contributed by atoms with Crippen molar-refractivity contribution < 1.29 is 4.79 Å². The zero-order valence-corrected chi connectivity index (χ0v) is 7.91. The number of Topliss-reactive ketones (excluding diaryl/α,β-unsaturated/α-hetero) is 1. The Kier molecular flexibility index (Phi) is 1.97. The summed E-state index contributed by atoms with van der Waals surface area (Å²) in [7, 11) is 0. The predicted molar refractivity (Wildman–Crippen MR) is 48.5 cm³/mol. The molecule has 0 saturated carbocycles. The van der Waals surface area contributed by atoms with Gasteiger partial charge in [-0.2, -0.15) is 0 Å². The first kappa shape index (κ1) is 7.92. The van der Waals surface area contributed by atoms with E-state index in [4.69, 9.17) is 0 Å². The van der Waals surface area contributed by atoms with E-state index in [1.54, 1.807) is 11.3 Å². The average Bonchev–Trinajstić information content (AvgIpc) is 2.46. The van der Waals surface area contributed by atoms with Crippen LogP contribution in [0.25, 0.3) is 0 Å². The number of rotatable bonds is 1. The van der Waals surface area contributed by atoms with Gasteiger partial charge in [0.1, 0.15) is 5.78 Å². The number of hydrogen-bond acceptors (Lipinski definition) is 3. The molecular formula is C9H11NOS. The molecule has 1 aliphatic rings. The Labute approximate surface area is 75.6 Å². The molecule has 0 aromatic carbocycles. The van der Waals surface area contributed by atoms with Gasteiger partial charge in [0.25, 0.3) is 0 Å². The Bertz CT molecular complexity index is 316. The summed E-state index contributed by atoms with van der Waals surface area (Å²) in [5, 5.41) is 1.18. The lowest BCUT2D eigenvalue weighted by molar-refractivity contribution is -0.118. The normalized spacial score (nSPS) is 16.2. The Morgan fingerprint density at radius 3 is 3.08 bits per heavy atom. The second-order valence-corrected chi connectivity index (χ2v) is 4.21. The molecule has 1 aromatic heterocycles. The van der Waals surface area contributed by atoms with Gasteiger partial charge in [-0.25, -0.2) is 4.98 Å². The first-order chi connectivity index (χ1) is 5.79. The molecule has 0 unspecified atom stereocenters. The second kappa shape index (κ2) is 2.98. The zero-order valence-electron chi connectivity index (χ0n) is 7.09. The van der Waals surface area contributed by atoms with Gasteiger partial charge < -0.3 is 0 Å². The highest BCUT2D eigenvalue weighted by molar-refractivity contribution is 7.11. The molecule has 0 amide bonds. The van der Waals surface area contributed by atoms with Gasteiger partial charge in [-0.1, -0.05) is 6.92 Å². The van der Waals surface area contributed by atoms with E-state index in [2.05, 4.69) is 11.9 Å². The quantitative estimate of drug-likeness (QED) is 0.661. The van der Waals surface area contributed by atoms with E-state index < -0.39 is 0 Å². The van der Waals surface area contributed by atoms with Crippen LogP contribution in [0.1, 0.15) is 28.9 Å². The molecule has 0 aliphatic heterocycles. The van der Waals surface area contributed by atoms with Crippen molar-refractivity contribution in [2.45, 2.75) is 32.6 Å². The van der Waals surface area contributed by atoms with Crippen molar-refractivity contribution in [2.24, 2.45) is 0 Å². The van der Waals surface area contributed by atoms with Gasteiger partial charge in [0.2, 0.25) is 0 Å². The summed E-state index contributed by atoms with van der Waals surface area (Å²) >= 11 is 1.77. The maximum Gasteiger partial charge on any atom is 0.139 e. The highest BCUT2D eigenvalue weighted by atomic mass is 32.1. The largest absolute Gasteiger partial charge is 0.299 e. The van der Waals surface area contributed by atoms with Gasteiger partial charge in [0, 0.05) is 17.7 Å². The maximum atomic E-state index is 11.1. The molecular weight excluding hydrogens is 170 g/mol. The standard InChI is InChI=1S/C9H11NOS/c1-2-9-10-7-5-6(11)3-4-8(7)12-9/h2-5H2,1H3. The average molecular weight is 181 g/mol. The minimum Gasteiger partial charge on any atom is -0.299 e. The molecule has 0 spiro atoms. The first-order valence-electron chi connectivity index (χ1n) is 4.28. The molecule has 2 nitrogen and oxygen atoms in total. The fraction of sp³-hybridized carbons (Fsp3) is 0.556. The lowest BCUT2D eigenvalue weighted by Gasteiger charge is -2.06. The second-order valence-electron chi connectivity index (χ2n) is 3.05. The third-order valence-corrected chi connectivity index (χ3v) is 3.42. The third kappa shape index (κ3) is 1.29. The smallest absolute Gasteiger partial charge is 0.139 e. The zero-order chi connectivity index (χ0) is 8.55. The van der Waals surface area contributed by atoms with Crippen LogP contribution < -0.4 is 0 Å². The summed E-state index contributed by atoms with van der Waals surface area (Å²) in [6, 6.07) is 0. The Hall–Kier alpha value is -0.700. The monoisotopic (exact) mass is 181 g/mol. The van der Waals surface area contributed by atoms with Crippen LogP contribution in [0.15, 0.2) is 0 Å². The van der Waals surface area contributed by atoms with Crippen LogP contribution in [0.3, 0.4) is 0 Å². The summed E-state index contributed by atoms with van der Waals surface area (Å²) in [6.45, 7) is 2.10. The van der Waals surface area contributed by atoms with Crippen LogP contribution >= 0.6 is 11.3 Å². The van der Waals surface area contributed by atoms with Crippen molar-refractivity contribution in [3.05, 3.63) is 15.6 Å². The predicted octanol–water partition coefficient (Wildman–Crippen LogP) is 1.76. The van der Waals surface area contributed by atoms with Crippen LogP contribution in [0.5, 0.6) is 0 Å². The van der Waals surface area contributed by atoms with Gasteiger partial charge >= 0.3 is 0 Å². The molecule has 1 heterocycles. The molecule has 3 heteroatoms. The van der Waals surface area contributed by atoms with Crippen molar-refractivity contribution in [3.8, 4) is 0 Å². The van der Waals surface area contributed by atoms with Gasteiger partial charge in [0.15, 0.2) is 0 Å². The van der Waals surface area contributed by atoms with Crippen LogP contribution in [0.2, 0.25) is 0 Å². The first-order valence-corrected chi connectivity index (χ1v) is 5.10. The lowest BCUT2D eigenvalue weighted by Crippen LogP contribution is -2.11. The van der Waals surface area contributed by atoms with Crippen LogP contribution in [0.4, 0.5) is 0 Å². The van der Waals surface area contributed by atoms with E-state index in [9.17, 15) is 4.79 Å².